The zero-order valence-corrected chi connectivity index (χ0v) is 8.71. The van der Waals surface area contributed by atoms with Crippen LogP contribution in [0.4, 0.5) is 0 Å². The fraction of sp³-hybridized carbons (Fsp3) is 1.00. The van der Waals surface area contributed by atoms with Gasteiger partial charge >= 0.3 is 0 Å². The Bertz CT molecular complexity index is 179. The minimum atomic E-state index is 0.415. The number of fused-ring (bicyclic) bond motifs is 1. The molecule has 0 aromatic heterocycles. The fourth-order valence-corrected chi connectivity index (χ4v) is 3.45. The van der Waals surface area contributed by atoms with Crippen molar-refractivity contribution < 1.29 is 9.59 Å². The van der Waals surface area contributed by atoms with Crippen molar-refractivity contribution >= 4 is 0 Å². The minimum Gasteiger partial charge on any atom is -0.396 e. The van der Waals surface area contributed by atoms with Gasteiger partial charge in [0.25, 0.3) is 0 Å². The summed E-state index contributed by atoms with van der Waals surface area (Å²) in [6.45, 7) is 3.11. The standard InChI is InChI=1S/C11H22NO/c1-12-7-3-2-6-11(12)10(9-13)5-4-8-12/h10-11,13H,2-9H2,1H3/q+1/t10-,11+,12-/m0/s1. The first-order valence-electron chi connectivity index (χ1n) is 5.71. The van der Waals surface area contributed by atoms with Crippen molar-refractivity contribution in [2.45, 2.75) is 38.1 Å². The SMILES string of the molecule is C[N@@+]12CCCC[C@@H]1[C@H](CO)CCC2. The maximum Gasteiger partial charge on any atom is 0.0939 e. The molecule has 2 rings (SSSR count). The Morgan fingerprint density at radius 2 is 1.92 bits per heavy atom. The van der Waals surface area contributed by atoms with E-state index in [9.17, 15) is 5.11 Å². The van der Waals surface area contributed by atoms with E-state index in [0.29, 0.717) is 12.5 Å². The van der Waals surface area contributed by atoms with Crippen molar-refractivity contribution in [3.05, 3.63) is 0 Å². The number of aliphatic hydroxyl groups is 1. The molecule has 0 saturated carbocycles. The Morgan fingerprint density at radius 1 is 1.15 bits per heavy atom. The van der Waals surface area contributed by atoms with Crippen LogP contribution in [0.1, 0.15) is 32.1 Å². The second kappa shape index (κ2) is 3.58. The molecular weight excluding hydrogens is 162 g/mol. The third-order valence-corrected chi connectivity index (χ3v) is 4.24. The third-order valence-electron chi connectivity index (χ3n) is 4.24. The van der Waals surface area contributed by atoms with Gasteiger partial charge in [-0.25, -0.2) is 0 Å². The number of rotatable bonds is 1. The van der Waals surface area contributed by atoms with Crippen molar-refractivity contribution in [3.63, 3.8) is 0 Å². The zero-order valence-electron chi connectivity index (χ0n) is 8.71. The molecule has 0 spiro atoms. The van der Waals surface area contributed by atoms with Gasteiger partial charge in [-0.15, -0.1) is 0 Å². The third kappa shape index (κ3) is 1.62. The van der Waals surface area contributed by atoms with E-state index in [0.717, 1.165) is 6.04 Å². The number of aliphatic hydroxyl groups excluding tert-OH is 1. The molecular formula is C11H22NO+. The van der Waals surface area contributed by atoms with Gasteiger partial charge in [0.2, 0.25) is 0 Å². The Kier molecular flexibility index (Phi) is 2.61. The first kappa shape index (κ1) is 9.47. The Labute approximate surface area is 81.1 Å². The molecule has 1 N–H and O–H groups in total. The molecule has 0 amide bonds. The number of piperidine rings is 2. The van der Waals surface area contributed by atoms with Crippen LogP contribution in [-0.2, 0) is 0 Å². The molecule has 0 aromatic rings. The van der Waals surface area contributed by atoms with Gasteiger partial charge in [0.1, 0.15) is 0 Å². The number of quaternary nitrogens is 1. The van der Waals surface area contributed by atoms with E-state index in [1.165, 1.54) is 49.7 Å². The molecule has 0 bridgehead atoms. The lowest BCUT2D eigenvalue weighted by Crippen LogP contribution is -2.61. The fourth-order valence-electron chi connectivity index (χ4n) is 3.45. The largest absolute Gasteiger partial charge is 0.396 e. The summed E-state index contributed by atoms with van der Waals surface area (Å²) in [7, 11) is 2.39. The number of nitrogens with zero attached hydrogens (tertiary/aromatic N) is 1. The first-order valence-corrected chi connectivity index (χ1v) is 5.71. The van der Waals surface area contributed by atoms with Gasteiger partial charge in [0.05, 0.1) is 32.8 Å². The topological polar surface area (TPSA) is 20.2 Å². The highest BCUT2D eigenvalue weighted by atomic mass is 16.3. The summed E-state index contributed by atoms with van der Waals surface area (Å²) in [5.74, 6) is 0.596. The van der Waals surface area contributed by atoms with Crippen LogP contribution < -0.4 is 0 Å². The van der Waals surface area contributed by atoms with E-state index < -0.39 is 0 Å². The lowest BCUT2D eigenvalue weighted by molar-refractivity contribution is -0.947. The van der Waals surface area contributed by atoms with Crippen LogP contribution in [0, 0.1) is 5.92 Å². The van der Waals surface area contributed by atoms with Crippen LogP contribution in [0.25, 0.3) is 0 Å². The average molecular weight is 184 g/mol. The van der Waals surface area contributed by atoms with Crippen LogP contribution in [0.2, 0.25) is 0 Å². The highest BCUT2D eigenvalue weighted by Gasteiger charge is 2.42. The Morgan fingerprint density at radius 3 is 2.69 bits per heavy atom. The molecule has 3 atom stereocenters. The summed E-state index contributed by atoms with van der Waals surface area (Å²) in [5, 5.41) is 9.33. The molecule has 0 unspecified atom stereocenters. The predicted molar refractivity (Wildman–Crippen MR) is 53.4 cm³/mol. The van der Waals surface area contributed by atoms with Gasteiger partial charge in [-0.3, -0.25) is 0 Å². The molecule has 0 radical (unpaired) electrons. The zero-order chi connectivity index (χ0) is 9.31. The molecule has 2 aliphatic heterocycles. The van der Waals surface area contributed by atoms with Gasteiger partial charge in [0.15, 0.2) is 0 Å². The van der Waals surface area contributed by atoms with Crippen molar-refractivity contribution in [1.82, 2.24) is 0 Å². The van der Waals surface area contributed by atoms with Crippen LogP contribution >= 0.6 is 0 Å². The second-order valence-corrected chi connectivity index (χ2v) is 5.07. The summed E-state index contributed by atoms with van der Waals surface area (Å²) < 4.78 is 1.26. The summed E-state index contributed by atoms with van der Waals surface area (Å²) in [5.41, 5.74) is 0. The van der Waals surface area contributed by atoms with Gasteiger partial charge in [-0.2, -0.15) is 0 Å². The van der Waals surface area contributed by atoms with Gasteiger partial charge < -0.3 is 9.59 Å². The summed E-state index contributed by atoms with van der Waals surface area (Å²) in [6, 6.07) is 0.771. The lowest BCUT2D eigenvalue weighted by Gasteiger charge is -2.50. The van der Waals surface area contributed by atoms with E-state index >= 15 is 0 Å². The molecule has 2 saturated heterocycles. The van der Waals surface area contributed by atoms with E-state index in [2.05, 4.69) is 7.05 Å². The maximum atomic E-state index is 9.33. The number of hydrogen-bond donors (Lipinski definition) is 1. The highest BCUT2D eigenvalue weighted by Crippen LogP contribution is 2.35. The van der Waals surface area contributed by atoms with Crippen LogP contribution in [-0.4, -0.2) is 42.4 Å². The summed E-state index contributed by atoms with van der Waals surface area (Å²) >= 11 is 0. The van der Waals surface area contributed by atoms with Crippen molar-refractivity contribution in [2.24, 2.45) is 5.92 Å². The summed E-state index contributed by atoms with van der Waals surface area (Å²) in [4.78, 5) is 0. The normalized spacial score (nSPS) is 45.7. The van der Waals surface area contributed by atoms with Crippen molar-refractivity contribution in [3.8, 4) is 0 Å². The van der Waals surface area contributed by atoms with E-state index in [1.54, 1.807) is 0 Å². The van der Waals surface area contributed by atoms with Crippen LogP contribution in [0.5, 0.6) is 0 Å². The second-order valence-electron chi connectivity index (χ2n) is 5.07. The van der Waals surface area contributed by atoms with E-state index in [1.807, 2.05) is 0 Å². The van der Waals surface area contributed by atoms with E-state index in [4.69, 9.17) is 0 Å². The minimum absolute atomic E-state index is 0.415. The quantitative estimate of drug-likeness (QED) is 0.611. The molecule has 76 valence electrons. The van der Waals surface area contributed by atoms with Gasteiger partial charge in [-0.1, -0.05) is 0 Å². The maximum absolute atomic E-state index is 9.33. The Hall–Kier alpha value is -0.0800. The molecule has 13 heavy (non-hydrogen) atoms. The highest BCUT2D eigenvalue weighted by molar-refractivity contribution is 4.77. The molecule has 2 heteroatoms. The lowest BCUT2D eigenvalue weighted by atomic mass is 9.82. The summed E-state index contributed by atoms with van der Waals surface area (Å²) in [6.07, 6.45) is 6.70. The molecule has 2 aliphatic rings. The molecule has 2 fully saturated rings. The first-order chi connectivity index (χ1) is 6.26. The van der Waals surface area contributed by atoms with Gasteiger partial charge in [0, 0.05) is 12.3 Å². The van der Waals surface area contributed by atoms with Crippen LogP contribution in [0.3, 0.4) is 0 Å². The van der Waals surface area contributed by atoms with Crippen molar-refractivity contribution in [2.75, 3.05) is 26.7 Å². The monoisotopic (exact) mass is 184 g/mol. The molecule has 0 aromatic carbocycles. The number of hydrogen-bond acceptors (Lipinski definition) is 1. The van der Waals surface area contributed by atoms with Crippen LogP contribution in [0.15, 0.2) is 0 Å². The molecule has 2 heterocycles. The molecule has 0 aliphatic carbocycles. The average Bonchev–Trinajstić information content (AvgIpc) is 2.15. The Balaban J connectivity index is 2.11. The van der Waals surface area contributed by atoms with Crippen molar-refractivity contribution in [1.29, 1.82) is 0 Å². The molecule has 2 nitrogen and oxygen atoms in total. The predicted octanol–water partition coefficient (Wildman–Crippen LogP) is 1.39. The van der Waals surface area contributed by atoms with E-state index in [-0.39, 0.29) is 0 Å². The van der Waals surface area contributed by atoms with Gasteiger partial charge in [-0.05, 0) is 25.7 Å². The smallest absolute Gasteiger partial charge is 0.0939 e.